The van der Waals surface area contributed by atoms with Gasteiger partial charge in [0, 0.05) is 28.7 Å². The Kier molecular flexibility index (Phi) is 7.74. The van der Waals surface area contributed by atoms with Crippen molar-refractivity contribution in [2.45, 2.75) is 47.9 Å². The molecule has 1 amide bonds. The van der Waals surface area contributed by atoms with E-state index in [9.17, 15) is 4.79 Å². The van der Waals surface area contributed by atoms with Crippen LogP contribution in [0.4, 0.5) is 5.69 Å². The van der Waals surface area contributed by atoms with Crippen molar-refractivity contribution in [2.75, 3.05) is 18.5 Å². The Morgan fingerprint density at radius 1 is 1.04 bits per heavy atom. The fourth-order valence-electron chi connectivity index (χ4n) is 2.88. The highest BCUT2D eigenvalue weighted by Crippen LogP contribution is 2.30. The second-order valence-corrected chi connectivity index (χ2v) is 8.22. The summed E-state index contributed by atoms with van der Waals surface area (Å²) in [5.74, 6) is 0.406. The normalized spacial score (nSPS) is 15.9. The number of anilines is 1. The van der Waals surface area contributed by atoms with E-state index in [1.165, 1.54) is 10.5 Å². The van der Waals surface area contributed by atoms with Crippen LogP contribution in [0.5, 0.6) is 0 Å². The molecule has 0 radical (unpaired) electrons. The number of hydrogen-bond donors (Lipinski definition) is 2. The van der Waals surface area contributed by atoms with Gasteiger partial charge in [0.25, 0.3) is 0 Å². The zero-order valence-corrected chi connectivity index (χ0v) is 17.4. The Balaban J connectivity index is 0.00000261. The zero-order chi connectivity index (χ0) is 18.6. The average Bonchev–Trinajstić information content (AvgIpc) is 2.64. The van der Waals surface area contributed by atoms with Gasteiger partial charge in [-0.25, -0.2) is 0 Å². The molecular formula is C21H27ClN2O2S. The molecule has 1 aliphatic heterocycles. The van der Waals surface area contributed by atoms with Crippen LogP contribution in [-0.4, -0.2) is 24.7 Å². The molecule has 0 saturated carbocycles. The number of amides is 1. The zero-order valence-electron chi connectivity index (χ0n) is 15.7. The highest BCUT2D eigenvalue weighted by Gasteiger charge is 2.35. The molecule has 6 heteroatoms. The van der Waals surface area contributed by atoms with E-state index >= 15 is 0 Å². The van der Waals surface area contributed by atoms with Gasteiger partial charge in [-0.2, -0.15) is 0 Å². The third kappa shape index (κ3) is 5.72. The van der Waals surface area contributed by atoms with Crippen LogP contribution in [-0.2, 0) is 9.53 Å². The van der Waals surface area contributed by atoms with Crippen molar-refractivity contribution in [2.24, 2.45) is 5.73 Å². The number of rotatable bonds is 5. The molecule has 1 aliphatic rings. The Hall–Kier alpha value is -1.53. The first kappa shape index (κ1) is 21.8. The summed E-state index contributed by atoms with van der Waals surface area (Å²) in [6.45, 7) is 5.46. The summed E-state index contributed by atoms with van der Waals surface area (Å²) in [4.78, 5) is 14.8. The fraction of sp³-hybridized carbons (Fsp3) is 0.381. The highest BCUT2D eigenvalue weighted by atomic mass is 35.5. The molecule has 3 rings (SSSR count). The van der Waals surface area contributed by atoms with Crippen LogP contribution in [0.3, 0.4) is 0 Å². The largest absolute Gasteiger partial charge is 0.381 e. The second-order valence-electron chi connectivity index (χ2n) is 7.07. The molecule has 146 valence electrons. The molecule has 2 aromatic carbocycles. The molecule has 0 bridgehead atoms. The highest BCUT2D eigenvalue weighted by molar-refractivity contribution is 7.99. The Labute approximate surface area is 171 Å². The van der Waals surface area contributed by atoms with Gasteiger partial charge in [0.2, 0.25) is 5.91 Å². The minimum absolute atomic E-state index is 0. The standard InChI is InChI=1S/C21H26N2O2S.ClH/c1-15(2)16-3-7-18(8-4-16)26-19-9-5-17(6-10-19)23-20(24)21(22)11-13-25-14-12-21;/h3-10,15H,11-14,22H2,1-2H3,(H,23,24);1H. The monoisotopic (exact) mass is 406 g/mol. The second kappa shape index (κ2) is 9.60. The van der Waals surface area contributed by atoms with E-state index in [4.69, 9.17) is 10.5 Å². The van der Waals surface area contributed by atoms with Gasteiger partial charge in [0.05, 0.1) is 0 Å². The van der Waals surface area contributed by atoms with E-state index in [2.05, 4.69) is 43.4 Å². The number of carbonyl (C=O) groups is 1. The summed E-state index contributed by atoms with van der Waals surface area (Å²) < 4.78 is 5.30. The number of hydrogen-bond acceptors (Lipinski definition) is 4. The molecule has 0 spiro atoms. The van der Waals surface area contributed by atoms with Gasteiger partial charge in [-0.05, 0) is 60.7 Å². The number of ether oxygens (including phenoxy) is 1. The lowest BCUT2D eigenvalue weighted by molar-refractivity contribution is -0.124. The summed E-state index contributed by atoms with van der Waals surface area (Å²) in [6, 6.07) is 16.5. The summed E-state index contributed by atoms with van der Waals surface area (Å²) in [7, 11) is 0. The molecule has 1 fully saturated rings. The summed E-state index contributed by atoms with van der Waals surface area (Å²) >= 11 is 1.71. The van der Waals surface area contributed by atoms with Crippen molar-refractivity contribution >= 4 is 35.8 Å². The van der Waals surface area contributed by atoms with Crippen molar-refractivity contribution in [3.8, 4) is 0 Å². The van der Waals surface area contributed by atoms with Crippen molar-refractivity contribution in [3.05, 3.63) is 54.1 Å². The smallest absolute Gasteiger partial charge is 0.244 e. The lowest BCUT2D eigenvalue weighted by Gasteiger charge is -2.31. The third-order valence-corrected chi connectivity index (χ3v) is 5.75. The number of carbonyl (C=O) groups excluding carboxylic acids is 1. The number of benzene rings is 2. The van der Waals surface area contributed by atoms with Crippen molar-refractivity contribution < 1.29 is 9.53 Å². The molecule has 3 N–H and O–H groups in total. The van der Waals surface area contributed by atoms with E-state index in [-0.39, 0.29) is 18.3 Å². The van der Waals surface area contributed by atoms with E-state index in [0.717, 1.165) is 10.6 Å². The number of nitrogens with two attached hydrogens (primary N) is 1. The van der Waals surface area contributed by atoms with Gasteiger partial charge < -0.3 is 15.8 Å². The van der Waals surface area contributed by atoms with Gasteiger partial charge in [0.15, 0.2) is 0 Å². The molecule has 1 heterocycles. The first-order valence-corrected chi connectivity index (χ1v) is 9.84. The molecule has 4 nitrogen and oxygen atoms in total. The van der Waals surface area contributed by atoms with Crippen LogP contribution < -0.4 is 11.1 Å². The van der Waals surface area contributed by atoms with E-state index in [0.29, 0.717) is 32.0 Å². The predicted octanol–water partition coefficient (Wildman–Crippen LogP) is 4.83. The minimum atomic E-state index is -0.830. The Morgan fingerprint density at radius 2 is 1.56 bits per heavy atom. The SMILES string of the molecule is CC(C)c1ccc(Sc2ccc(NC(=O)C3(N)CCOCC3)cc2)cc1.Cl. The third-order valence-electron chi connectivity index (χ3n) is 4.73. The maximum atomic E-state index is 12.5. The van der Waals surface area contributed by atoms with E-state index in [1.807, 2.05) is 24.3 Å². The molecule has 0 atom stereocenters. The van der Waals surface area contributed by atoms with Crippen molar-refractivity contribution in [1.29, 1.82) is 0 Å². The quantitative estimate of drug-likeness (QED) is 0.746. The predicted molar refractivity (Wildman–Crippen MR) is 114 cm³/mol. The van der Waals surface area contributed by atoms with Crippen LogP contribution in [0, 0.1) is 0 Å². The number of halogens is 1. The van der Waals surface area contributed by atoms with Crippen LogP contribution in [0.1, 0.15) is 38.2 Å². The lowest BCUT2D eigenvalue weighted by Crippen LogP contribution is -2.54. The topological polar surface area (TPSA) is 64.4 Å². The van der Waals surface area contributed by atoms with Gasteiger partial charge in [-0.1, -0.05) is 37.7 Å². The molecular weight excluding hydrogens is 380 g/mol. The van der Waals surface area contributed by atoms with Gasteiger partial charge >= 0.3 is 0 Å². The van der Waals surface area contributed by atoms with Crippen molar-refractivity contribution in [1.82, 2.24) is 0 Å². The molecule has 0 unspecified atom stereocenters. The van der Waals surface area contributed by atoms with Crippen LogP contribution in [0.2, 0.25) is 0 Å². The molecule has 0 aromatic heterocycles. The molecule has 27 heavy (non-hydrogen) atoms. The first-order valence-electron chi connectivity index (χ1n) is 9.02. The van der Waals surface area contributed by atoms with Crippen molar-refractivity contribution in [3.63, 3.8) is 0 Å². The van der Waals surface area contributed by atoms with E-state index in [1.54, 1.807) is 11.8 Å². The number of nitrogens with one attached hydrogen (secondary N) is 1. The average molecular weight is 407 g/mol. The summed E-state index contributed by atoms with van der Waals surface area (Å²) in [6.07, 6.45) is 1.11. The maximum Gasteiger partial charge on any atom is 0.244 e. The maximum absolute atomic E-state index is 12.5. The van der Waals surface area contributed by atoms with Gasteiger partial charge in [-0.3, -0.25) is 4.79 Å². The van der Waals surface area contributed by atoms with Gasteiger partial charge in [0.1, 0.15) is 5.54 Å². The Bertz CT molecular complexity index is 742. The fourth-order valence-corrected chi connectivity index (χ4v) is 3.70. The summed E-state index contributed by atoms with van der Waals surface area (Å²) in [5.41, 5.74) is 7.50. The van der Waals surface area contributed by atoms with Crippen LogP contribution >= 0.6 is 24.2 Å². The minimum Gasteiger partial charge on any atom is -0.381 e. The first-order chi connectivity index (χ1) is 12.5. The molecule has 1 saturated heterocycles. The Morgan fingerprint density at radius 3 is 2.07 bits per heavy atom. The molecule has 0 aliphatic carbocycles. The van der Waals surface area contributed by atoms with Crippen LogP contribution in [0.25, 0.3) is 0 Å². The van der Waals surface area contributed by atoms with E-state index < -0.39 is 5.54 Å². The molecule has 2 aromatic rings. The van der Waals surface area contributed by atoms with Crippen LogP contribution in [0.15, 0.2) is 58.3 Å². The van der Waals surface area contributed by atoms with Gasteiger partial charge in [-0.15, -0.1) is 12.4 Å². The summed E-state index contributed by atoms with van der Waals surface area (Å²) in [5, 5.41) is 2.93. The lowest BCUT2D eigenvalue weighted by atomic mass is 9.90.